The van der Waals surface area contributed by atoms with Crippen molar-refractivity contribution in [2.24, 2.45) is 0 Å². The molecular weight excluding hydrogens is 212 g/mol. The lowest BCUT2D eigenvalue weighted by Crippen LogP contribution is -2.61. The van der Waals surface area contributed by atoms with E-state index in [0.717, 1.165) is 19.4 Å². The van der Waals surface area contributed by atoms with E-state index in [9.17, 15) is 4.79 Å². The van der Waals surface area contributed by atoms with Gasteiger partial charge in [0.1, 0.15) is 0 Å². The van der Waals surface area contributed by atoms with Gasteiger partial charge < -0.3 is 10.2 Å². The normalized spacial score (nSPS) is 25.4. The van der Waals surface area contributed by atoms with Gasteiger partial charge in [0.15, 0.2) is 0 Å². The Morgan fingerprint density at radius 2 is 2.12 bits per heavy atom. The molecule has 0 radical (unpaired) electrons. The lowest BCUT2D eigenvalue weighted by atomic mass is 9.88. The summed E-state index contributed by atoms with van der Waals surface area (Å²) in [5.41, 5.74) is -0.554. The molecule has 1 atom stereocenters. The second-order valence-corrected chi connectivity index (χ2v) is 6.09. The molecule has 0 saturated carbocycles. The van der Waals surface area contributed by atoms with E-state index in [2.05, 4.69) is 32.7 Å². The van der Waals surface area contributed by atoms with Gasteiger partial charge in [0.2, 0.25) is 5.91 Å². The Kier molecular flexibility index (Phi) is 4.36. The van der Waals surface area contributed by atoms with Crippen LogP contribution in [0.5, 0.6) is 0 Å². The van der Waals surface area contributed by atoms with E-state index in [1.54, 1.807) is 6.08 Å². The van der Waals surface area contributed by atoms with Gasteiger partial charge in [-0.3, -0.25) is 4.79 Å². The average molecular weight is 238 g/mol. The van der Waals surface area contributed by atoms with Crippen molar-refractivity contribution >= 4 is 5.91 Å². The summed E-state index contributed by atoms with van der Waals surface area (Å²) < 4.78 is 0. The first kappa shape index (κ1) is 14.2. The van der Waals surface area contributed by atoms with Gasteiger partial charge in [-0.1, -0.05) is 6.08 Å². The number of nitrogens with zero attached hydrogens (tertiary/aromatic N) is 1. The predicted molar refractivity (Wildman–Crippen MR) is 71.9 cm³/mol. The van der Waals surface area contributed by atoms with Crippen LogP contribution in [0.25, 0.3) is 0 Å². The molecule has 1 rings (SSSR count). The van der Waals surface area contributed by atoms with Gasteiger partial charge in [0.05, 0.1) is 5.54 Å². The lowest BCUT2D eigenvalue weighted by molar-refractivity contribution is -0.142. The van der Waals surface area contributed by atoms with Crippen LogP contribution in [0.2, 0.25) is 0 Å². The Bertz CT molecular complexity index is 285. The van der Waals surface area contributed by atoms with Crippen molar-refractivity contribution in [3.05, 3.63) is 12.7 Å². The van der Waals surface area contributed by atoms with E-state index in [0.29, 0.717) is 6.54 Å². The largest absolute Gasteiger partial charge is 0.333 e. The van der Waals surface area contributed by atoms with Crippen LogP contribution >= 0.6 is 0 Å². The average Bonchev–Trinajstić information content (AvgIpc) is 2.24. The maximum Gasteiger partial charge on any atom is 0.243 e. The summed E-state index contributed by atoms with van der Waals surface area (Å²) in [6.45, 7) is 13.5. The standard InChI is InChI=1S/C14H26N2O/c1-6-11-16(13(2,3)4)12(17)14(5)9-7-8-10-15-14/h6,15H,1,7-11H2,2-5H3. The molecule has 1 heterocycles. The van der Waals surface area contributed by atoms with Crippen LogP contribution in [0.4, 0.5) is 0 Å². The van der Waals surface area contributed by atoms with Gasteiger partial charge >= 0.3 is 0 Å². The summed E-state index contributed by atoms with van der Waals surface area (Å²) in [4.78, 5) is 14.6. The van der Waals surface area contributed by atoms with Gasteiger partial charge in [0, 0.05) is 12.1 Å². The molecule has 1 aliphatic heterocycles. The second-order valence-electron chi connectivity index (χ2n) is 6.09. The van der Waals surface area contributed by atoms with E-state index in [-0.39, 0.29) is 11.4 Å². The van der Waals surface area contributed by atoms with E-state index < -0.39 is 5.54 Å². The van der Waals surface area contributed by atoms with E-state index >= 15 is 0 Å². The number of rotatable bonds is 3. The van der Waals surface area contributed by atoms with Crippen molar-refractivity contribution in [3.63, 3.8) is 0 Å². The summed E-state index contributed by atoms with van der Waals surface area (Å²) in [6.07, 6.45) is 5.02. The van der Waals surface area contributed by atoms with Crippen LogP contribution in [0, 0.1) is 0 Å². The summed E-state index contributed by atoms with van der Waals surface area (Å²) >= 11 is 0. The molecule has 3 nitrogen and oxygen atoms in total. The number of piperidine rings is 1. The van der Waals surface area contributed by atoms with Crippen molar-refractivity contribution in [2.75, 3.05) is 13.1 Å². The third kappa shape index (κ3) is 3.32. The number of carbonyl (C=O) groups is 1. The van der Waals surface area contributed by atoms with Crippen LogP contribution in [0.1, 0.15) is 47.0 Å². The number of hydrogen-bond donors (Lipinski definition) is 1. The highest BCUT2D eigenvalue weighted by molar-refractivity contribution is 5.86. The molecule has 0 spiro atoms. The van der Waals surface area contributed by atoms with Gasteiger partial charge in [0.25, 0.3) is 0 Å². The molecule has 1 saturated heterocycles. The minimum absolute atomic E-state index is 0.159. The molecular formula is C14H26N2O. The Labute approximate surface area is 105 Å². The molecule has 1 fully saturated rings. The number of hydrogen-bond acceptors (Lipinski definition) is 2. The minimum Gasteiger partial charge on any atom is -0.333 e. The fourth-order valence-corrected chi connectivity index (χ4v) is 2.33. The minimum atomic E-state index is -0.394. The van der Waals surface area contributed by atoms with Crippen molar-refractivity contribution < 1.29 is 4.79 Å². The van der Waals surface area contributed by atoms with Crippen LogP contribution in [0.15, 0.2) is 12.7 Å². The van der Waals surface area contributed by atoms with Crippen molar-refractivity contribution in [1.29, 1.82) is 0 Å². The smallest absolute Gasteiger partial charge is 0.243 e. The molecule has 1 aliphatic rings. The topological polar surface area (TPSA) is 32.3 Å². The Balaban J connectivity index is 2.86. The van der Waals surface area contributed by atoms with E-state index in [1.807, 2.05) is 11.8 Å². The zero-order valence-electron chi connectivity index (χ0n) is 11.7. The number of nitrogens with one attached hydrogen (secondary N) is 1. The highest BCUT2D eigenvalue weighted by Gasteiger charge is 2.40. The van der Waals surface area contributed by atoms with E-state index in [1.165, 1.54) is 6.42 Å². The first-order valence-electron chi connectivity index (χ1n) is 6.49. The fraction of sp³-hybridized carbons (Fsp3) is 0.786. The Morgan fingerprint density at radius 3 is 2.53 bits per heavy atom. The zero-order chi connectivity index (χ0) is 13.1. The summed E-state index contributed by atoms with van der Waals surface area (Å²) in [5.74, 6) is 0.199. The zero-order valence-corrected chi connectivity index (χ0v) is 11.7. The Morgan fingerprint density at radius 1 is 1.47 bits per heavy atom. The van der Waals surface area contributed by atoms with Crippen molar-refractivity contribution in [3.8, 4) is 0 Å². The molecule has 0 aromatic rings. The molecule has 98 valence electrons. The molecule has 1 unspecified atom stereocenters. The molecule has 17 heavy (non-hydrogen) atoms. The highest BCUT2D eigenvalue weighted by Crippen LogP contribution is 2.25. The maximum absolute atomic E-state index is 12.7. The first-order chi connectivity index (χ1) is 7.81. The third-order valence-electron chi connectivity index (χ3n) is 3.46. The molecule has 0 bridgehead atoms. The molecule has 1 amide bonds. The Hall–Kier alpha value is -0.830. The van der Waals surface area contributed by atoms with Crippen molar-refractivity contribution in [2.45, 2.75) is 58.0 Å². The van der Waals surface area contributed by atoms with Crippen LogP contribution in [-0.2, 0) is 4.79 Å². The number of amides is 1. The fourth-order valence-electron chi connectivity index (χ4n) is 2.33. The maximum atomic E-state index is 12.7. The molecule has 0 aromatic carbocycles. The quantitative estimate of drug-likeness (QED) is 0.765. The summed E-state index contributed by atoms with van der Waals surface area (Å²) in [6, 6.07) is 0. The SMILES string of the molecule is C=CCN(C(=O)C1(C)CCCCN1)C(C)(C)C. The summed E-state index contributed by atoms with van der Waals surface area (Å²) in [7, 11) is 0. The predicted octanol–water partition coefficient (Wildman–Crippen LogP) is 2.33. The molecule has 1 N–H and O–H groups in total. The highest BCUT2D eigenvalue weighted by atomic mass is 16.2. The van der Waals surface area contributed by atoms with E-state index in [4.69, 9.17) is 0 Å². The van der Waals surface area contributed by atoms with Crippen LogP contribution in [0.3, 0.4) is 0 Å². The van der Waals surface area contributed by atoms with Gasteiger partial charge in [-0.25, -0.2) is 0 Å². The third-order valence-corrected chi connectivity index (χ3v) is 3.46. The van der Waals surface area contributed by atoms with Crippen LogP contribution < -0.4 is 5.32 Å². The van der Waals surface area contributed by atoms with Crippen LogP contribution in [-0.4, -0.2) is 35.0 Å². The molecule has 0 aromatic heterocycles. The molecule has 0 aliphatic carbocycles. The molecule has 3 heteroatoms. The van der Waals surface area contributed by atoms with Gasteiger partial charge in [-0.15, -0.1) is 6.58 Å². The van der Waals surface area contributed by atoms with Crippen molar-refractivity contribution in [1.82, 2.24) is 10.2 Å². The van der Waals surface area contributed by atoms with Gasteiger partial charge in [-0.05, 0) is 53.5 Å². The van der Waals surface area contributed by atoms with Gasteiger partial charge in [-0.2, -0.15) is 0 Å². The summed E-state index contributed by atoms with van der Waals surface area (Å²) in [5, 5.41) is 3.38. The lowest BCUT2D eigenvalue weighted by Gasteiger charge is -2.43. The second kappa shape index (κ2) is 5.21. The first-order valence-corrected chi connectivity index (χ1v) is 6.49. The monoisotopic (exact) mass is 238 g/mol. The number of carbonyl (C=O) groups excluding carboxylic acids is 1.